The lowest BCUT2D eigenvalue weighted by Gasteiger charge is -1.99. The molecule has 0 radical (unpaired) electrons. The van der Waals surface area contributed by atoms with Crippen molar-refractivity contribution in [1.82, 2.24) is 15.0 Å². The maximum Gasteiger partial charge on any atom is 0.271 e. The first-order valence-corrected chi connectivity index (χ1v) is 4.33. The van der Waals surface area contributed by atoms with Gasteiger partial charge in [-0.15, -0.1) is 5.10 Å². The van der Waals surface area contributed by atoms with E-state index in [4.69, 9.17) is 5.73 Å². The van der Waals surface area contributed by atoms with E-state index in [1.54, 1.807) is 4.68 Å². The lowest BCUT2D eigenvalue weighted by Crippen LogP contribution is -2.13. The quantitative estimate of drug-likeness (QED) is 0.709. The topological polar surface area (TPSA) is 73.8 Å². The largest absolute Gasteiger partial charge is 0.364 e. The number of primary amides is 1. The maximum atomic E-state index is 10.9. The molecule has 1 aliphatic rings. The third-order valence-electron chi connectivity index (χ3n) is 2.54. The van der Waals surface area contributed by atoms with Gasteiger partial charge in [-0.1, -0.05) is 12.1 Å². The Bertz CT molecular complexity index is 357. The summed E-state index contributed by atoms with van der Waals surface area (Å²) in [5.74, 6) is 0.137. The van der Waals surface area contributed by atoms with Crippen LogP contribution in [0.3, 0.4) is 0 Å². The first-order valence-electron chi connectivity index (χ1n) is 4.33. The van der Waals surface area contributed by atoms with E-state index < -0.39 is 5.91 Å². The van der Waals surface area contributed by atoms with E-state index in [-0.39, 0.29) is 0 Å². The Morgan fingerprint density at radius 2 is 2.31 bits per heavy atom. The van der Waals surface area contributed by atoms with Gasteiger partial charge in [0.1, 0.15) is 0 Å². The Kier molecular flexibility index (Phi) is 1.61. The second-order valence-corrected chi connectivity index (χ2v) is 3.61. The predicted molar refractivity (Wildman–Crippen MR) is 46.1 cm³/mol. The number of nitrogens with zero attached hydrogens (tertiary/aromatic N) is 3. The van der Waals surface area contributed by atoms with Gasteiger partial charge in [0, 0.05) is 0 Å². The smallest absolute Gasteiger partial charge is 0.271 e. The summed E-state index contributed by atoms with van der Waals surface area (Å²) in [5, 5.41) is 7.66. The van der Waals surface area contributed by atoms with Crippen LogP contribution in [0.5, 0.6) is 0 Å². The highest BCUT2D eigenvalue weighted by Crippen LogP contribution is 2.42. The Morgan fingerprint density at radius 1 is 1.69 bits per heavy atom. The van der Waals surface area contributed by atoms with Gasteiger partial charge in [0.25, 0.3) is 5.91 Å². The van der Waals surface area contributed by atoms with Crippen LogP contribution < -0.4 is 5.73 Å². The van der Waals surface area contributed by atoms with Crippen molar-refractivity contribution in [2.24, 2.45) is 11.7 Å². The van der Waals surface area contributed by atoms with Crippen molar-refractivity contribution in [3.8, 4) is 0 Å². The monoisotopic (exact) mass is 180 g/mol. The summed E-state index contributed by atoms with van der Waals surface area (Å²) in [6.45, 7) is 3.97. The minimum atomic E-state index is -0.503. The molecule has 70 valence electrons. The lowest BCUT2D eigenvalue weighted by atomic mass is 10.3. The Balaban J connectivity index is 2.34. The summed E-state index contributed by atoms with van der Waals surface area (Å²) in [6, 6.07) is 0.417. The molecule has 0 saturated heterocycles. The third-order valence-corrected chi connectivity index (χ3v) is 2.54. The Morgan fingerprint density at radius 3 is 2.69 bits per heavy atom. The fraction of sp³-hybridized carbons (Fsp3) is 0.625. The van der Waals surface area contributed by atoms with Crippen molar-refractivity contribution in [2.75, 3.05) is 0 Å². The number of aromatic nitrogens is 3. The molecular formula is C8H12N4O. The number of rotatable bonds is 2. The zero-order chi connectivity index (χ0) is 9.59. The fourth-order valence-electron chi connectivity index (χ4n) is 1.53. The fourth-order valence-corrected chi connectivity index (χ4v) is 1.53. The zero-order valence-corrected chi connectivity index (χ0v) is 7.69. The molecule has 5 heteroatoms. The van der Waals surface area contributed by atoms with Gasteiger partial charge in [0.05, 0.1) is 11.7 Å². The van der Waals surface area contributed by atoms with Crippen LogP contribution in [-0.4, -0.2) is 20.9 Å². The molecule has 2 atom stereocenters. The van der Waals surface area contributed by atoms with Crippen molar-refractivity contribution in [2.45, 2.75) is 26.3 Å². The highest BCUT2D eigenvalue weighted by molar-refractivity contribution is 5.91. The molecule has 0 aliphatic heterocycles. The molecule has 5 nitrogen and oxygen atoms in total. The predicted octanol–water partition coefficient (Wildman–Crippen LogP) is 0.266. The minimum Gasteiger partial charge on any atom is -0.364 e. The molecule has 1 heterocycles. The number of nitrogens with two attached hydrogens (primary N) is 1. The van der Waals surface area contributed by atoms with E-state index in [0.717, 1.165) is 12.1 Å². The highest BCUT2D eigenvalue weighted by atomic mass is 16.1. The van der Waals surface area contributed by atoms with E-state index in [0.29, 0.717) is 17.7 Å². The first kappa shape index (κ1) is 8.22. The number of hydrogen-bond donors (Lipinski definition) is 1. The van der Waals surface area contributed by atoms with E-state index in [1.807, 2.05) is 6.92 Å². The van der Waals surface area contributed by atoms with Crippen molar-refractivity contribution in [1.29, 1.82) is 0 Å². The lowest BCUT2D eigenvalue weighted by molar-refractivity contribution is 0.0995. The van der Waals surface area contributed by atoms with Crippen LogP contribution in [0.2, 0.25) is 0 Å². The van der Waals surface area contributed by atoms with Gasteiger partial charge in [-0.3, -0.25) is 4.79 Å². The Labute approximate surface area is 75.9 Å². The van der Waals surface area contributed by atoms with Crippen molar-refractivity contribution >= 4 is 5.91 Å². The molecule has 1 aromatic heterocycles. The maximum absolute atomic E-state index is 10.9. The van der Waals surface area contributed by atoms with Gasteiger partial charge in [-0.25, -0.2) is 4.68 Å². The van der Waals surface area contributed by atoms with E-state index >= 15 is 0 Å². The zero-order valence-electron chi connectivity index (χ0n) is 7.69. The van der Waals surface area contributed by atoms with Crippen LogP contribution in [0.15, 0.2) is 0 Å². The van der Waals surface area contributed by atoms with Crippen LogP contribution in [0.1, 0.15) is 35.6 Å². The van der Waals surface area contributed by atoms with E-state index in [9.17, 15) is 4.79 Å². The molecule has 0 bridgehead atoms. The van der Waals surface area contributed by atoms with Gasteiger partial charge < -0.3 is 5.73 Å². The number of carbonyl (C=O) groups excluding carboxylic acids is 1. The molecule has 2 N–H and O–H groups in total. The SMILES string of the molecule is Cc1c(C(N)=O)nnn1C1CC1C. The molecule has 1 saturated carbocycles. The average Bonchev–Trinajstić information content (AvgIpc) is 2.61. The van der Waals surface area contributed by atoms with Gasteiger partial charge in [0.2, 0.25) is 0 Å². The Hall–Kier alpha value is -1.39. The number of hydrogen-bond acceptors (Lipinski definition) is 3. The molecule has 1 amide bonds. The van der Waals surface area contributed by atoms with Crippen LogP contribution in [0, 0.1) is 12.8 Å². The van der Waals surface area contributed by atoms with Gasteiger partial charge >= 0.3 is 0 Å². The third kappa shape index (κ3) is 1.20. The summed E-state index contributed by atoms with van der Waals surface area (Å²) < 4.78 is 1.80. The standard InChI is InChI=1S/C8H12N4O/c1-4-3-6(4)12-5(2)7(8(9)13)10-11-12/h4,6H,3H2,1-2H3,(H2,9,13). The average molecular weight is 180 g/mol. The summed E-state index contributed by atoms with van der Waals surface area (Å²) in [6.07, 6.45) is 1.11. The second-order valence-electron chi connectivity index (χ2n) is 3.61. The van der Waals surface area contributed by atoms with Crippen LogP contribution in [0.25, 0.3) is 0 Å². The van der Waals surface area contributed by atoms with Gasteiger partial charge in [-0.2, -0.15) is 0 Å². The molecule has 2 rings (SSSR count). The molecule has 2 unspecified atom stereocenters. The molecule has 1 aliphatic carbocycles. The number of amides is 1. The second kappa shape index (κ2) is 2.55. The molecular weight excluding hydrogens is 168 g/mol. The van der Waals surface area contributed by atoms with Gasteiger partial charge in [-0.05, 0) is 19.3 Å². The van der Waals surface area contributed by atoms with E-state index in [2.05, 4.69) is 17.2 Å². The van der Waals surface area contributed by atoms with Crippen LogP contribution >= 0.6 is 0 Å². The highest BCUT2D eigenvalue weighted by Gasteiger charge is 2.37. The van der Waals surface area contributed by atoms with Crippen LogP contribution in [0.4, 0.5) is 0 Å². The summed E-state index contributed by atoms with van der Waals surface area (Å²) in [4.78, 5) is 10.9. The minimum absolute atomic E-state index is 0.291. The summed E-state index contributed by atoms with van der Waals surface area (Å²) in [5.41, 5.74) is 6.20. The van der Waals surface area contributed by atoms with Crippen molar-refractivity contribution in [3.63, 3.8) is 0 Å². The summed E-state index contributed by atoms with van der Waals surface area (Å²) >= 11 is 0. The van der Waals surface area contributed by atoms with Crippen molar-refractivity contribution < 1.29 is 4.79 Å². The van der Waals surface area contributed by atoms with Gasteiger partial charge in [0.15, 0.2) is 5.69 Å². The van der Waals surface area contributed by atoms with Crippen molar-refractivity contribution in [3.05, 3.63) is 11.4 Å². The molecule has 1 fully saturated rings. The van der Waals surface area contributed by atoms with E-state index in [1.165, 1.54) is 0 Å². The summed E-state index contributed by atoms with van der Waals surface area (Å²) in [7, 11) is 0. The number of carbonyl (C=O) groups is 1. The molecule has 0 aromatic carbocycles. The molecule has 0 spiro atoms. The normalized spacial score (nSPS) is 26.0. The first-order chi connectivity index (χ1) is 6.11. The molecule has 1 aromatic rings. The molecule has 13 heavy (non-hydrogen) atoms. The van der Waals surface area contributed by atoms with Crippen LogP contribution in [-0.2, 0) is 0 Å².